The van der Waals surface area contributed by atoms with Crippen molar-refractivity contribution in [2.45, 2.75) is 206 Å². The fraction of sp³-hybridized carbons (Fsp3) is 0.804. The minimum absolute atomic E-state index is 0.0966. The van der Waals surface area contributed by atoms with Crippen LogP contribution in [-0.2, 0) is 27.9 Å². The van der Waals surface area contributed by atoms with Gasteiger partial charge < -0.3 is 20.1 Å². The third kappa shape index (κ3) is 43.4. The normalized spacial score (nSPS) is 13.9. The molecule has 0 radical (unpaired) electrons. The van der Waals surface area contributed by atoms with Crippen molar-refractivity contribution in [3.8, 4) is 0 Å². The lowest BCUT2D eigenvalue weighted by Crippen LogP contribution is -2.28. The van der Waals surface area contributed by atoms with Crippen LogP contribution < -0.4 is 5.73 Å². The van der Waals surface area contributed by atoms with Crippen LogP contribution in [0.15, 0.2) is 48.6 Å². The summed E-state index contributed by atoms with van der Waals surface area (Å²) in [6.45, 7) is 4.87. The molecule has 0 bridgehead atoms. The summed E-state index contributed by atoms with van der Waals surface area (Å²) in [4.78, 5) is 22.5. The molecule has 8 nitrogen and oxygen atoms in total. The van der Waals surface area contributed by atoms with E-state index in [2.05, 4.69) is 62.5 Å². The van der Waals surface area contributed by atoms with E-state index in [0.717, 1.165) is 51.4 Å². The van der Waals surface area contributed by atoms with Crippen molar-refractivity contribution < 1.29 is 32.8 Å². The van der Waals surface area contributed by atoms with Crippen molar-refractivity contribution in [1.82, 2.24) is 0 Å². The van der Waals surface area contributed by atoms with E-state index in [1.165, 1.54) is 128 Å². The number of phosphoric acid groups is 1. The van der Waals surface area contributed by atoms with E-state index in [-0.39, 0.29) is 32.3 Å². The molecule has 2 unspecified atom stereocenters. The summed E-state index contributed by atoms with van der Waals surface area (Å²) in [6.07, 6.45) is 51.2. The molecule has 0 aromatic carbocycles. The number of rotatable bonds is 43. The van der Waals surface area contributed by atoms with Crippen LogP contribution in [0.25, 0.3) is 0 Å². The van der Waals surface area contributed by atoms with Crippen LogP contribution in [0.1, 0.15) is 200 Å². The van der Waals surface area contributed by atoms with Gasteiger partial charge in [-0.3, -0.25) is 13.8 Å². The molecular weight excluding hydrogens is 709 g/mol. The Bertz CT molecular complexity index is 983. The molecule has 0 aliphatic carbocycles. The maximum Gasteiger partial charge on any atom is 0.472 e. The zero-order valence-electron chi connectivity index (χ0n) is 35.7. The van der Waals surface area contributed by atoms with E-state index in [1.807, 2.05) is 0 Å². The summed E-state index contributed by atoms with van der Waals surface area (Å²) in [5.74, 6) is -0.340. The summed E-state index contributed by atoms with van der Waals surface area (Å²) in [5, 5.41) is 0. The van der Waals surface area contributed by atoms with Gasteiger partial charge in [-0.1, -0.05) is 165 Å². The van der Waals surface area contributed by atoms with Crippen molar-refractivity contribution in [3.05, 3.63) is 48.6 Å². The van der Waals surface area contributed by atoms with Gasteiger partial charge in [0, 0.05) is 19.6 Å². The molecule has 0 spiro atoms. The molecule has 9 heteroatoms. The van der Waals surface area contributed by atoms with Gasteiger partial charge in [-0.2, -0.15) is 0 Å². The highest BCUT2D eigenvalue weighted by Gasteiger charge is 2.25. The van der Waals surface area contributed by atoms with Gasteiger partial charge in [0.05, 0.1) is 19.8 Å². The number of esters is 1. The van der Waals surface area contributed by atoms with Crippen LogP contribution in [0.4, 0.5) is 0 Å². The quantitative estimate of drug-likeness (QED) is 0.0271. The minimum atomic E-state index is -4.28. The van der Waals surface area contributed by atoms with E-state index in [0.29, 0.717) is 13.0 Å². The predicted octanol–water partition coefficient (Wildman–Crippen LogP) is 13.6. The smallest absolute Gasteiger partial charge is 0.457 e. The molecule has 322 valence electrons. The van der Waals surface area contributed by atoms with E-state index in [1.54, 1.807) is 0 Å². The molecule has 0 fully saturated rings. The maximum atomic E-state index is 12.6. The first-order chi connectivity index (χ1) is 26.9. The SMILES string of the molecule is CCCCC/C=C\C/C=C\CCCCCCCCCCOCC(COP(=O)(O)OCCN)OC(=O)CCCCCCCCC/C=C\C/C=C\CCCCCC. The molecule has 0 saturated carbocycles. The molecule has 55 heavy (non-hydrogen) atoms. The van der Waals surface area contributed by atoms with E-state index in [9.17, 15) is 14.3 Å². The van der Waals surface area contributed by atoms with E-state index < -0.39 is 13.9 Å². The summed E-state index contributed by atoms with van der Waals surface area (Å²) < 4.78 is 33.5. The number of ether oxygens (including phenoxy) is 2. The zero-order valence-corrected chi connectivity index (χ0v) is 36.6. The molecule has 0 amide bonds. The van der Waals surface area contributed by atoms with Gasteiger partial charge in [0.1, 0.15) is 6.10 Å². The summed E-state index contributed by atoms with van der Waals surface area (Å²) in [5.41, 5.74) is 5.37. The Labute approximate surface area is 339 Å². The van der Waals surface area contributed by atoms with Crippen molar-refractivity contribution in [3.63, 3.8) is 0 Å². The number of carbonyl (C=O) groups is 1. The molecule has 2 atom stereocenters. The van der Waals surface area contributed by atoms with Gasteiger partial charge in [-0.05, 0) is 77.0 Å². The Balaban J connectivity index is 4.04. The molecule has 0 rings (SSSR count). The van der Waals surface area contributed by atoms with Crippen molar-refractivity contribution in [1.29, 1.82) is 0 Å². The second-order valence-electron chi connectivity index (χ2n) is 14.9. The standard InChI is InChI=1S/C46H86NO7P/c1-3-5-7-9-11-13-15-17-19-21-23-25-27-29-31-33-35-37-39-46(48)54-45(44-53-55(49,50)52-42-40-47)43-51-41-38-36-34-32-30-28-26-24-22-20-18-16-14-12-10-8-6-4-2/h12-15,18-21,45H,3-11,16-17,22-44,47H2,1-2H3,(H,49,50)/b14-12-,15-13-,20-18-,21-19-. The number of nitrogens with two attached hydrogens (primary N) is 1. The molecule has 0 saturated heterocycles. The molecular formula is C46H86NO7P. The van der Waals surface area contributed by atoms with Gasteiger partial charge in [0.15, 0.2) is 0 Å². The first kappa shape index (κ1) is 53.5. The Kier molecular flexibility index (Phi) is 42.4. The average Bonchev–Trinajstić information content (AvgIpc) is 3.17. The van der Waals surface area contributed by atoms with Gasteiger partial charge in [0.2, 0.25) is 0 Å². The van der Waals surface area contributed by atoms with Crippen molar-refractivity contribution in [2.75, 3.05) is 33.0 Å². The van der Waals surface area contributed by atoms with E-state index in [4.69, 9.17) is 24.3 Å². The zero-order chi connectivity index (χ0) is 40.2. The van der Waals surface area contributed by atoms with Crippen LogP contribution in [0, 0.1) is 0 Å². The predicted molar refractivity (Wildman–Crippen MR) is 233 cm³/mol. The lowest BCUT2D eigenvalue weighted by molar-refractivity contribution is -0.154. The lowest BCUT2D eigenvalue weighted by atomic mass is 10.1. The highest BCUT2D eigenvalue weighted by molar-refractivity contribution is 7.47. The number of allylic oxidation sites excluding steroid dienone is 8. The van der Waals surface area contributed by atoms with Gasteiger partial charge in [0.25, 0.3) is 0 Å². The first-order valence-electron chi connectivity index (χ1n) is 22.6. The number of hydrogen-bond donors (Lipinski definition) is 2. The average molecular weight is 796 g/mol. The first-order valence-corrected chi connectivity index (χ1v) is 24.1. The summed E-state index contributed by atoms with van der Waals surface area (Å²) in [7, 11) is -4.28. The van der Waals surface area contributed by atoms with Crippen molar-refractivity contribution in [2.24, 2.45) is 5.73 Å². The Hall–Kier alpha value is -1.54. The fourth-order valence-electron chi connectivity index (χ4n) is 6.12. The highest BCUT2D eigenvalue weighted by Crippen LogP contribution is 2.43. The van der Waals surface area contributed by atoms with Gasteiger partial charge in [-0.25, -0.2) is 4.57 Å². The monoisotopic (exact) mass is 796 g/mol. The summed E-state index contributed by atoms with van der Waals surface area (Å²) >= 11 is 0. The third-order valence-electron chi connectivity index (χ3n) is 9.47. The Morgan fingerprint density at radius 1 is 0.545 bits per heavy atom. The number of hydrogen-bond acceptors (Lipinski definition) is 7. The number of phosphoric ester groups is 1. The molecule has 0 heterocycles. The molecule has 3 N–H and O–H groups in total. The lowest BCUT2D eigenvalue weighted by Gasteiger charge is -2.20. The molecule has 0 aliphatic heterocycles. The van der Waals surface area contributed by atoms with Crippen LogP contribution in [0.5, 0.6) is 0 Å². The van der Waals surface area contributed by atoms with Crippen LogP contribution in [0.2, 0.25) is 0 Å². The Morgan fingerprint density at radius 2 is 0.964 bits per heavy atom. The third-order valence-corrected chi connectivity index (χ3v) is 10.5. The second-order valence-corrected chi connectivity index (χ2v) is 16.4. The van der Waals surface area contributed by atoms with E-state index >= 15 is 0 Å². The maximum absolute atomic E-state index is 12.6. The molecule has 0 aliphatic rings. The van der Waals surface area contributed by atoms with Crippen LogP contribution in [0.3, 0.4) is 0 Å². The summed E-state index contributed by atoms with van der Waals surface area (Å²) in [6, 6.07) is 0. The Morgan fingerprint density at radius 3 is 1.45 bits per heavy atom. The van der Waals surface area contributed by atoms with Crippen molar-refractivity contribution >= 4 is 13.8 Å². The molecule has 0 aromatic heterocycles. The highest BCUT2D eigenvalue weighted by atomic mass is 31.2. The fourth-order valence-corrected chi connectivity index (χ4v) is 6.88. The van der Waals surface area contributed by atoms with Crippen LogP contribution >= 0.6 is 7.82 Å². The largest absolute Gasteiger partial charge is 0.472 e. The molecule has 0 aromatic rings. The van der Waals surface area contributed by atoms with Crippen LogP contribution in [-0.4, -0.2) is 49.9 Å². The van der Waals surface area contributed by atoms with Gasteiger partial charge in [-0.15, -0.1) is 0 Å². The number of unbranched alkanes of at least 4 members (excludes halogenated alkanes) is 22. The number of carbonyl (C=O) groups excluding carboxylic acids is 1. The minimum Gasteiger partial charge on any atom is -0.457 e. The topological polar surface area (TPSA) is 117 Å². The second kappa shape index (κ2) is 43.6. The van der Waals surface area contributed by atoms with Gasteiger partial charge >= 0.3 is 13.8 Å².